The molecule has 0 aliphatic carbocycles. The van der Waals surface area contributed by atoms with Gasteiger partial charge in [-0.15, -0.1) is 24.8 Å². The Morgan fingerprint density at radius 1 is 1.00 bits per heavy atom. The molecule has 0 saturated heterocycles. The third kappa shape index (κ3) is 14.2. The Bertz CT molecular complexity index is 6.00. The van der Waals surface area contributed by atoms with E-state index in [0.717, 1.165) is 0 Å². The minimum atomic E-state index is 0. The van der Waals surface area contributed by atoms with Crippen LogP contribution in [0.15, 0.2) is 0 Å². The van der Waals surface area contributed by atoms with Gasteiger partial charge in [0, 0.05) is 10.2 Å². The summed E-state index contributed by atoms with van der Waals surface area (Å²) < 4.78 is 0. The Morgan fingerprint density at radius 3 is 1.00 bits per heavy atom. The number of hydrogen-bond donors (Lipinski definition) is 0. The van der Waals surface area contributed by atoms with E-state index < -0.39 is 0 Å². The van der Waals surface area contributed by atoms with E-state index in [9.17, 15) is 0 Å². The summed E-state index contributed by atoms with van der Waals surface area (Å²) in [5.74, 6) is 0. The van der Waals surface area contributed by atoms with E-state index in [1.165, 1.54) is 0 Å². The van der Waals surface area contributed by atoms with Crippen LogP contribution in [0, 0.1) is 0 Å². The predicted octanol–water partition coefficient (Wildman–Crippen LogP) is 1.05. The zero-order valence-electron chi connectivity index (χ0n) is 2.32. The largest absolute Gasteiger partial charge is 0.147 e. The van der Waals surface area contributed by atoms with Gasteiger partial charge in [-0.25, -0.2) is 0 Å². The fourth-order valence-electron chi connectivity index (χ4n) is 0. The van der Waals surface area contributed by atoms with Gasteiger partial charge in [0.2, 0.25) is 0 Å². The predicted molar refractivity (Wildman–Crippen MR) is 26.1 cm³/mol. The first-order chi connectivity index (χ1) is 1.00. The molecule has 0 heterocycles. The van der Waals surface area contributed by atoms with E-state index in [1.54, 1.807) is 6.55 Å². The van der Waals surface area contributed by atoms with Gasteiger partial charge >= 0.3 is 0 Å². The monoisotopic (exact) mass is 115 g/mol. The van der Waals surface area contributed by atoms with E-state index in [0.29, 0.717) is 0 Å². The first-order valence-corrected chi connectivity index (χ1v) is 1.50. The molecule has 0 atom stereocenters. The fraction of sp³-hybridized carbons (Fsp3) is 1.00. The van der Waals surface area contributed by atoms with E-state index >= 15 is 0 Å². The molecular formula is CH5Cl2Si. The zero-order valence-corrected chi connectivity index (χ0v) is 4.95. The standard InChI is InChI=1S/CH3Si.2ClH/c1-2;;/h1H3;2*1H. The molecular weight excluding hydrogens is 111 g/mol. The molecule has 0 saturated carbocycles. The average molecular weight is 116 g/mol. The molecule has 0 nitrogen and oxygen atoms in total. The van der Waals surface area contributed by atoms with Crippen molar-refractivity contribution in [1.29, 1.82) is 0 Å². The van der Waals surface area contributed by atoms with Crippen molar-refractivity contribution < 1.29 is 0 Å². The van der Waals surface area contributed by atoms with Crippen LogP contribution in [-0.2, 0) is 0 Å². The molecule has 0 aromatic heterocycles. The molecule has 4 heavy (non-hydrogen) atoms. The highest BCUT2D eigenvalue weighted by molar-refractivity contribution is 6.05. The molecule has 0 rings (SSSR count). The van der Waals surface area contributed by atoms with Crippen molar-refractivity contribution in [2.75, 3.05) is 0 Å². The first kappa shape index (κ1) is 21.4. The van der Waals surface area contributed by atoms with Crippen molar-refractivity contribution in [2.45, 2.75) is 6.55 Å². The van der Waals surface area contributed by atoms with Gasteiger partial charge in [-0.1, -0.05) is 6.55 Å². The Labute approximate surface area is 42.2 Å². The van der Waals surface area contributed by atoms with Gasteiger partial charge in [-0.3, -0.25) is 0 Å². The van der Waals surface area contributed by atoms with Crippen molar-refractivity contribution >= 4 is 35.1 Å². The summed E-state index contributed by atoms with van der Waals surface area (Å²) in [5.41, 5.74) is 0. The first-order valence-electron chi connectivity index (χ1n) is 0.500. The minimum absolute atomic E-state index is 0. The van der Waals surface area contributed by atoms with Gasteiger partial charge in [0.15, 0.2) is 0 Å². The van der Waals surface area contributed by atoms with Gasteiger partial charge in [0.05, 0.1) is 0 Å². The molecule has 0 aliphatic rings. The van der Waals surface area contributed by atoms with Crippen molar-refractivity contribution in [2.24, 2.45) is 0 Å². The maximum atomic E-state index is 2.97. The topological polar surface area (TPSA) is 0 Å². The van der Waals surface area contributed by atoms with E-state index in [-0.39, 0.29) is 24.8 Å². The van der Waals surface area contributed by atoms with Gasteiger partial charge < -0.3 is 0 Å². The van der Waals surface area contributed by atoms with Crippen LogP contribution in [0.3, 0.4) is 0 Å². The lowest BCUT2D eigenvalue weighted by Crippen LogP contribution is -1.13. The van der Waals surface area contributed by atoms with Crippen LogP contribution in [0.1, 0.15) is 0 Å². The summed E-state index contributed by atoms with van der Waals surface area (Å²) in [6.45, 7) is 1.81. The summed E-state index contributed by atoms with van der Waals surface area (Å²) >= 11 is 0. The zero-order chi connectivity index (χ0) is 2.00. The molecule has 27 valence electrons. The van der Waals surface area contributed by atoms with E-state index in [2.05, 4.69) is 10.2 Å². The lowest BCUT2D eigenvalue weighted by atomic mass is 11.9. The molecule has 0 spiro atoms. The summed E-state index contributed by atoms with van der Waals surface area (Å²) in [6, 6.07) is 0. The molecule has 0 amide bonds. The SMILES string of the molecule is C[Si].Cl.Cl. The Morgan fingerprint density at radius 2 is 1.00 bits per heavy atom. The minimum Gasteiger partial charge on any atom is -0.147 e. The van der Waals surface area contributed by atoms with Crippen molar-refractivity contribution in [3.05, 3.63) is 0 Å². The normalized spacial score (nSPS) is 1.50. The second kappa shape index (κ2) is 46.8. The molecule has 0 unspecified atom stereocenters. The van der Waals surface area contributed by atoms with Crippen LogP contribution in [-0.4, -0.2) is 10.2 Å². The second-order valence-corrected chi connectivity index (χ2v) is 0. The summed E-state index contributed by atoms with van der Waals surface area (Å²) in [7, 11) is 2.97. The number of rotatable bonds is 0. The molecule has 0 aliphatic heterocycles. The van der Waals surface area contributed by atoms with Gasteiger partial charge in [-0.2, -0.15) is 0 Å². The van der Waals surface area contributed by atoms with Crippen LogP contribution in [0.25, 0.3) is 0 Å². The number of halogens is 2. The fourth-order valence-corrected chi connectivity index (χ4v) is 0. The molecule has 0 bridgehead atoms. The van der Waals surface area contributed by atoms with Gasteiger partial charge in [0.1, 0.15) is 0 Å². The van der Waals surface area contributed by atoms with Gasteiger partial charge in [-0.05, 0) is 0 Å². The quantitative estimate of drug-likeness (QED) is 0.415. The highest BCUT2D eigenvalue weighted by Gasteiger charge is 0.972. The van der Waals surface area contributed by atoms with Crippen LogP contribution >= 0.6 is 24.8 Å². The van der Waals surface area contributed by atoms with Crippen molar-refractivity contribution in [3.8, 4) is 0 Å². The lowest BCUT2D eigenvalue weighted by Gasteiger charge is -1.03. The number of hydrogen-bond acceptors (Lipinski definition) is 0. The molecule has 0 aromatic carbocycles. The molecule has 0 aromatic rings. The summed E-state index contributed by atoms with van der Waals surface area (Å²) in [5, 5.41) is 0. The Hall–Kier alpha value is 0.797. The Balaban J connectivity index is -0.00000000500. The van der Waals surface area contributed by atoms with E-state index in [1.807, 2.05) is 0 Å². The molecule has 3 heteroatoms. The van der Waals surface area contributed by atoms with Gasteiger partial charge in [0.25, 0.3) is 0 Å². The molecule has 3 radical (unpaired) electrons. The summed E-state index contributed by atoms with van der Waals surface area (Å²) in [6.07, 6.45) is 0. The van der Waals surface area contributed by atoms with Crippen LogP contribution in [0.4, 0.5) is 0 Å². The maximum absolute atomic E-state index is 2.97. The third-order valence-corrected chi connectivity index (χ3v) is 0. The molecule has 0 N–H and O–H groups in total. The Kier molecular flexibility index (Phi) is 250. The van der Waals surface area contributed by atoms with Crippen LogP contribution in [0.2, 0.25) is 6.55 Å². The van der Waals surface area contributed by atoms with Crippen molar-refractivity contribution in [1.82, 2.24) is 0 Å². The second-order valence-electron chi connectivity index (χ2n) is 0. The highest BCUT2D eigenvalue weighted by Crippen LogP contribution is 0.960. The third-order valence-electron chi connectivity index (χ3n) is 0. The van der Waals surface area contributed by atoms with Crippen molar-refractivity contribution in [3.63, 3.8) is 0 Å². The highest BCUT2D eigenvalue weighted by atomic mass is 35.5. The van der Waals surface area contributed by atoms with E-state index in [4.69, 9.17) is 0 Å². The smallest absolute Gasteiger partial charge is 0.0184 e. The molecule has 0 fully saturated rings. The average Bonchev–Trinajstić information content (AvgIpc) is 1.00. The lowest BCUT2D eigenvalue weighted by molar-refractivity contribution is 2.40. The maximum Gasteiger partial charge on any atom is 0.0184 e. The summed E-state index contributed by atoms with van der Waals surface area (Å²) in [4.78, 5) is 0. The van der Waals surface area contributed by atoms with Crippen LogP contribution in [0.5, 0.6) is 0 Å². The van der Waals surface area contributed by atoms with Crippen LogP contribution < -0.4 is 0 Å².